The zero-order chi connectivity index (χ0) is 26.6. The normalized spacial score (nSPS) is 21.7. The lowest BCUT2D eigenvalue weighted by atomic mass is 10.0. The van der Waals surface area contributed by atoms with Gasteiger partial charge in [0.2, 0.25) is 5.91 Å². The standard InChI is InChI=1S/C28H34N4O6/c1-30(11-12-31-13-15-37-16-14-31)27(35)20-7-5-19(6-8-20)18-38-24-4-2-3-21-22(24)17-32(28(21)36)23-9-10-25(33)29-26(23)34/h2-8,23,25,33H,9-18H2,1H3,(H,29,34). The molecule has 2 unspecified atom stereocenters. The molecular formula is C28H34N4O6. The van der Waals surface area contributed by atoms with Gasteiger partial charge >= 0.3 is 0 Å². The number of benzene rings is 2. The summed E-state index contributed by atoms with van der Waals surface area (Å²) in [4.78, 5) is 43.8. The fraction of sp³-hybridized carbons (Fsp3) is 0.464. The summed E-state index contributed by atoms with van der Waals surface area (Å²) in [6.45, 7) is 5.31. The molecule has 3 amide bonds. The average molecular weight is 523 g/mol. The molecule has 3 heterocycles. The monoisotopic (exact) mass is 522 g/mol. The molecule has 10 nitrogen and oxygen atoms in total. The minimum absolute atomic E-state index is 0.0236. The van der Waals surface area contributed by atoms with Crippen LogP contribution < -0.4 is 10.1 Å². The number of piperidine rings is 1. The first-order valence-corrected chi connectivity index (χ1v) is 13.1. The van der Waals surface area contributed by atoms with E-state index in [0.29, 0.717) is 36.3 Å². The molecule has 0 aliphatic carbocycles. The number of aliphatic hydroxyl groups excluding tert-OH is 1. The van der Waals surface area contributed by atoms with Crippen LogP contribution in [0.2, 0.25) is 0 Å². The maximum Gasteiger partial charge on any atom is 0.255 e. The van der Waals surface area contributed by atoms with Crippen LogP contribution >= 0.6 is 0 Å². The summed E-state index contributed by atoms with van der Waals surface area (Å²) >= 11 is 0. The van der Waals surface area contributed by atoms with Gasteiger partial charge in [-0.05, 0) is 42.7 Å². The Morgan fingerprint density at radius 1 is 1.13 bits per heavy atom. The molecule has 38 heavy (non-hydrogen) atoms. The van der Waals surface area contributed by atoms with Crippen molar-refractivity contribution in [3.63, 3.8) is 0 Å². The highest BCUT2D eigenvalue weighted by molar-refractivity contribution is 6.02. The van der Waals surface area contributed by atoms with Gasteiger partial charge in [0, 0.05) is 49.9 Å². The molecule has 5 rings (SSSR count). The molecule has 10 heteroatoms. The van der Waals surface area contributed by atoms with Crippen molar-refractivity contribution in [3.8, 4) is 5.75 Å². The van der Waals surface area contributed by atoms with E-state index < -0.39 is 12.3 Å². The first kappa shape index (κ1) is 26.1. The van der Waals surface area contributed by atoms with Crippen molar-refractivity contribution in [3.05, 3.63) is 64.7 Å². The van der Waals surface area contributed by atoms with Crippen molar-refractivity contribution >= 4 is 17.7 Å². The van der Waals surface area contributed by atoms with Gasteiger partial charge in [0.15, 0.2) is 0 Å². The number of carbonyl (C=O) groups excluding carboxylic acids is 3. The van der Waals surface area contributed by atoms with Crippen molar-refractivity contribution in [2.75, 3.05) is 46.4 Å². The lowest BCUT2D eigenvalue weighted by Gasteiger charge is -2.32. The van der Waals surface area contributed by atoms with Gasteiger partial charge in [-0.3, -0.25) is 19.3 Å². The van der Waals surface area contributed by atoms with Gasteiger partial charge in [0.05, 0.1) is 19.8 Å². The number of morpholine rings is 1. The van der Waals surface area contributed by atoms with E-state index in [1.165, 1.54) is 0 Å². The van der Waals surface area contributed by atoms with E-state index in [9.17, 15) is 19.5 Å². The second-order valence-electron chi connectivity index (χ2n) is 10.00. The number of aliphatic hydroxyl groups is 1. The Bertz CT molecular complexity index is 1180. The van der Waals surface area contributed by atoms with Crippen molar-refractivity contribution < 1.29 is 29.0 Å². The lowest BCUT2D eigenvalue weighted by Crippen LogP contribution is -2.54. The Kier molecular flexibility index (Phi) is 7.92. The lowest BCUT2D eigenvalue weighted by molar-refractivity contribution is -0.132. The Morgan fingerprint density at radius 2 is 1.89 bits per heavy atom. The zero-order valence-corrected chi connectivity index (χ0v) is 21.6. The third kappa shape index (κ3) is 5.67. The van der Waals surface area contributed by atoms with Gasteiger partial charge in [0.1, 0.15) is 24.6 Å². The summed E-state index contributed by atoms with van der Waals surface area (Å²) in [5.41, 5.74) is 2.81. The van der Waals surface area contributed by atoms with E-state index in [1.807, 2.05) is 37.4 Å². The number of amides is 3. The third-order valence-electron chi connectivity index (χ3n) is 7.45. The number of carbonyl (C=O) groups is 3. The molecule has 0 spiro atoms. The van der Waals surface area contributed by atoms with E-state index >= 15 is 0 Å². The van der Waals surface area contributed by atoms with Crippen molar-refractivity contribution in [1.29, 1.82) is 0 Å². The van der Waals surface area contributed by atoms with Crippen LogP contribution in [0.15, 0.2) is 42.5 Å². The molecule has 3 aliphatic heterocycles. The van der Waals surface area contributed by atoms with Gasteiger partial charge in [-0.25, -0.2) is 0 Å². The van der Waals surface area contributed by atoms with E-state index in [2.05, 4.69) is 10.2 Å². The van der Waals surface area contributed by atoms with Crippen LogP contribution in [0.3, 0.4) is 0 Å². The molecule has 2 aromatic rings. The highest BCUT2D eigenvalue weighted by Crippen LogP contribution is 2.34. The van der Waals surface area contributed by atoms with Gasteiger partial charge in [-0.1, -0.05) is 18.2 Å². The first-order valence-electron chi connectivity index (χ1n) is 13.1. The summed E-state index contributed by atoms with van der Waals surface area (Å²) in [6, 6.07) is 12.1. The quantitative estimate of drug-likeness (QED) is 0.536. The van der Waals surface area contributed by atoms with Crippen molar-refractivity contribution in [1.82, 2.24) is 20.0 Å². The van der Waals surface area contributed by atoms with Crippen LogP contribution in [-0.2, 0) is 22.7 Å². The van der Waals surface area contributed by atoms with Crippen LogP contribution in [0.5, 0.6) is 5.75 Å². The second kappa shape index (κ2) is 11.5. The second-order valence-corrected chi connectivity index (χ2v) is 10.00. The Morgan fingerprint density at radius 3 is 2.63 bits per heavy atom. The molecule has 0 radical (unpaired) electrons. The molecule has 0 aromatic heterocycles. The van der Waals surface area contributed by atoms with Crippen LogP contribution in [0, 0.1) is 0 Å². The largest absolute Gasteiger partial charge is 0.489 e. The maximum atomic E-state index is 13.0. The summed E-state index contributed by atoms with van der Waals surface area (Å²) in [6.07, 6.45) is -0.0479. The minimum atomic E-state index is -0.866. The highest BCUT2D eigenvalue weighted by atomic mass is 16.5. The number of nitrogens with zero attached hydrogens (tertiary/aromatic N) is 3. The van der Waals surface area contributed by atoms with E-state index in [1.54, 1.807) is 21.9 Å². The van der Waals surface area contributed by atoms with Gasteiger partial charge in [-0.15, -0.1) is 0 Å². The smallest absolute Gasteiger partial charge is 0.255 e. The Labute approximate surface area is 222 Å². The molecule has 2 aromatic carbocycles. The number of rotatable bonds is 8. The average Bonchev–Trinajstić information content (AvgIpc) is 3.27. The van der Waals surface area contributed by atoms with Gasteiger partial charge in [0.25, 0.3) is 11.8 Å². The summed E-state index contributed by atoms with van der Waals surface area (Å²) in [5, 5.41) is 12.2. The number of hydrogen-bond acceptors (Lipinski definition) is 7. The van der Waals surface area contributed by atoms with E-state index in [-0.39, 0.29) is 30.9 Å². The van der Waals surface area contributed by atoms with Crippen LogP contribution in [0.4, 0.5) is 0 Å². The Hall–Kier alpha value is -3.47. The summed E-state index contributed by atoms with van der Waals surface area (Å²) in [7, 11) is 1.82. The number of likely N-dealkylation sites (N-methyl/N-ethyl adjacent to an activating group) is 1. The molecule has 2 N–H and O–H groups in total. The SMILES string of the molecule is CN(CCN1CCOCC1)C(=O)c1ccc(COc2cccc3c2CN(C2CCC(O)NC2=O)C3=O)cc1. The molecule has 0 saturated carbocycles. The molecule has 2 saturated heterocycles. The van der Waals surface area contributed by atoms with Crippen LogP contribution in [0.25, 0.3) is 0 Å². The summed E-state index contributed by atoms with van der Waals surface area (Å²) < 4.78 is 11.5. The number of fused-ring (bicyclic) bond motifs is 1. The van der Waals surface area contributed by atoms with E-state index in [0.717, 1.165) is 44.0 Å². The molecule has 2 atom stereocenters. The van der Waals surface area contributed by atoms with Gasteiger partial charge in [-0.2, -0.15) is 0 Å². The van der Waals surface area contributed by atoms with Gasteiger partial charge < -0.3 is 29.7 Å². The molecule has 2 fully saturated rings. The summed E-state index contributed by atoms with van der Waals surface area (Å²) in [5.74, 6) is 0.0263. The minimum Gasteiger partial charge on any atom is -0.489 e. The fourth-order valence-corrected chi connectivity index (χ4v) is 5.13. The first-order chi connectivity index (χ1) is 18.4. The topological polar surface area (TPSA) is 112 Å². The zero-order valence-electron chi connectivity index (χ0n) is 21.6. The number of ether oxygens (including phenoxy) is 2. The number of nitrogens with one attached hydrogen (secondary N) is 1. The van der Waals surface area contributed by atoms with E-state index in [4.69, 9.17) is 9.47 Å². The predicted octanol–water partition coefficient (Wildman–Crippen LogP) is 1.22. The Balaban J connectivity index is 1.17. The molecule has 3 aliphatic rings. The molecule has 0 bridgehead atoms. The highest BCUT2D eigenvalue weighted by Gasteiger charge is 2.40. The third-order valence-corrected chi connectivity index (χ3v) is 7.45. The van der Waals surface area contributed by atoms with Crippen molar-refractivity contribution in [2.24, 2.45) is 0 Å². The van der Waals surface area contributed by atoms with Crippen LogP contribution in [-0.4, -0.2) is 96.2 Å². The fourth-order valence-electron chi connectivity index (χ4n) is 5.13. The van der Waals surface area contributed by atoms with Crippen LogP contribution in [0.1, 0.15) is 44.7 Å². The maximum absolute atomic E-state index is 13.0. The molecular weight excluding hydrogens is 488 g/mol. The predicted molar refractivity (Wildman–Crippen MR) is 138 cm³/mol. The molecule has 202 valence electrons. The van der Waals surface area contributed by atoms with Crippen molar-refractivity contribution in [2.45, 2.75) is 38.3 Å². The number of hydrogen-bond donors (Lipinski definition) is 2.